The predicted octanol–water partition coefficient (Wildman–Crippen LogP) is 3.26. The molecule has 0 aliphatic heterocycles. The fraction of sp³-hybridized carbons (Fsp3) is 0.280. The Balaban J connectivity index is 0.000000278. The van der Waals surface area contributed by atoms with Crippen molar-refractivity contribution in [3.05, 3.63) is 60.6 Å². The Labute approximate surface area is 209 Å². The van der Waals surface area contributed by atoms with Crippen molar-refractivity contribution in [2.24, 2.45) is 0 Å². The maximum atomic E-state index is 11.7. The van der Waals surface area contributed by atoms with E-state index in [9.17, 15) is 9.59 Å². The molecule has 3 rings (SSSR count). The van der Waals surface area contributed by atoms with Crippen LogP contribution in [0.5, 0.6) is 5.75 Å². The summed E-state index contributed by atoms with van der Waals surface area (Å²) in [5.74, 6) is 1.35. The third-order valence-corrected chi connectivity index (χ3v) is 4.98. The third-order valence-electron chi connectivity index (χ3n) is 4.98. The number of rotatable bonds is 10. The zero-order chi connectivity index (χ0) is 26.3. The van der Waals surface area contributed by atoms with Gasteiger partial charge in [-0.15, -0.1) is 0 Å². The molecule has 0 radical (unpaired) electrons. The lowest BCUT2D eigenvalue weighted by atomic mass is 10.1. The highest BCUT2D eigenvalue weighted by molar-refractivity contribution is 5.71. The summed E-state index contributed by atoms with van der Waals surface area (Å²) in [6.45, 7) is 0.442. The van der Waals surface area contributed by atoms with E-state index in [1.807, 2.05) is 31.1 Å². The maximum Gasteiger partial charge on any atom is 0.407 e. The van der Waals surface area contributed by atoms with E-state index in [0.717, 1.165) is 11.1 Å². The first-order valence-electron chi connectivity index (χ1n) is 10.9. The van der Waals surface area contributed by atoms with Crippen molar-refractivity contribution in [2.45, 2.75) is 19.0 Å². The second kappa shape index (κ2) is 14.6. The Kier molecular flexibility index (Phi) is 11.3. The number of nitrogens with two attached hydrogens (primary N) is 1. The van der Waals surface area contributed by atoms with Crippen LogP contribution in [0.1, 0.15) is 12.0 Å². The van der Waals surface area contributed by atoms with Gasteiger partial charge in [-0.05, 0) is 43.9 Å². The number of anilines is 2. The summed E-state index contributed by atoms with van der Waals surface area (Å²) < 4.78 is 15.5. The SMILES string of the molecule is CN(C)[C@H](CC#N)COC(=O)NCc1cccc(NC=O)c1.COc1cc(N)ccc1-c1cnco1. The number of alkyl carbamates (subject to hydrolysis) is 1. The molecule has 3 aromatic rings. The first-order chi connectivity index (χ1) is 17.4. The highest BCUT2D eigenvalue weighted by atomic mass is 16.5. The first-order valence-corrected chi connectivity index (χ1v) is 10.9. The van der Waals surface area contributed by atoms with Crippen molar-refractivity contribution in [1.29, 1.82) is 5.26 Å². The molecule has 1 heterocycles. The number of carbonyl (C=O) groups is 2. The number of nitrogens with one attached hydrogen (secondary N) is 2. The molecule has 36 heavy (non-hydrogen) atoms. The molecule has 1 atom stereocenters. The summed E-state index contributed by atoms with van der Waals surface area (Å²) in [5, 5.41) is 13.9. The largest absolute Gasteiger partial charge is 0.496 e. The van der Waals surface area contributed by atoms with Gasteiger partial charge in [-0.1, -0.05) is 12.1 Å². The number of oxazole rings is 1. The lowest BCUT2D eigenvalue weighted by Gasteiger charge is -2.21. The number of aromatic nitrogens is 1. The number of hydrogen-bond donors (Lipinski definition) is 3. The van der Waals surface area contributed by atoms with Crippen LogP contribution in [-0.2, 0) is 16.1 Å². The van der Waals surface area contributed by atoms with Crippen molar-refractivity contribution in [3.63, 3.8) is 0 Å². The van der Waals surface area contributed by atoms with E-state index in [4.69, 9.17) is 24.9 Å². The molecule has 2 amide bonds. The second-order valence-electron chi connectivity index (χ2n) is 7.72. The second-order valence-corrected chi connectivity index (χ2v) is 7.72. The zero-order valence-electron chi connectivity index (χ0n) is 20.4. The molecule has 4 N–H and O–H groups in total. The van der Waals surface area contributed by atoms with E-state index < -0.39 is 6.09 Å². The van der Waals surface area contributed by atoms with Gasteiger partial charge in [0.05, 0.1) is 37.4 Å². The fourth-order valence-corrected chi connectivity index (χ4v) is 2.99. The summed E-state index contributed by atoms with van der Waals surface area (Å²) >= 11 is 0. The zero-order valence-corrected chi connectivity index (χ0v) is 20.4. The lowest BCUT2D eigenvalue weighted by molar-refractivity contribution is -0.105. The van der Waals surface area contributed by atoms with Gasteiger partial charge >= 0.3 is 6.09 Å². The minimum absolute atomic E-state index is 0.129. The summed E-state index contributed by atoms with van der Waals surface area (Å²) in [6, 6.07) is 14.4. The molecule has 0 aliphatic rings. The molecular weight excluding hydrogens is 464 g/mol. The van der Waals surface area contributed by atoms with Crippen LogP contribution in [0.3, 0.4) is 0 Å². The number of amides is 2. The minimum Gasteiger partial charge on any atom is -0.496 e. The van der Waals surface area contributed by atoms with Crippen molar-refractivity contribution in [3.8, 4) is 23.1 Å². The van der Waals surface area contributed by atoms with E-state index in [2.05, 4.69) is 21.7 Å². The monoisotopic (exact) mass is 494 g/mol. The van der Waals surface area contributed by atoms with Gasteiger partial charge in [-0.25, -0.2) is 9.78 Å². The predicted molar refractivity (Wildman–Crippen MR) is 135 cm³/mol. The first kappa shape index (κ1) is 27.7. The Morgan fingerprint density at radius 1 is 1.31 bits per heavy atom. The molecule has 0 saturated carbocycles. The number of nitrogens with zero attached hydrogens (tertiary/aromatic N) is 3. The molecule has 2 aromatic carbocycles. The van der Waals surface area contributed by atoms with Crippen LogP contribution in [0.2, 0.25) is 0 Å². The molecule has 0 spiro atoms. The van der Waals surface area contributed by atoms with Crippen LogP contribution in [0.4, 0.5) is 16.2 Å². The summed E-state index contributed by atoms with van der Waals surface area (Å²) in [6.07, 6.45) is 3.36. The molecule has 11 heteroatoms. The number of carbonyl (C=O) groups excluding carboxylic acids is 2. The van der Waals surface area contributed by atoms with Crippen LogP contribution in [0.15, 0.2) is 59.5 Å². The molecule has 11 nitrogen and oxygen atoms in total. The van der Waals surface area contributed by atoms with Gasteiger partial charge in [0, 0.05) is 24.0 Å². The number of hydrogen-bond acceptors (Lipinski definition) is 9. The Hall–Kier alpha value is -4.56. The smallest absolute Gasteiger partial charge is 0.407 e. The van der Waals surface area contributed by atoms with Gasteiger partial charge in [0.2, 0.25) is 6.41 Å². The Morgan fingerprint density at radius 3 is 2.75 bits per heavy atom. The van der Waals surface area contributed by atoms with E-state index in [0.29, 0.717) is 35.7 Å². The average Bonchev–Trinajstić information content (AvgIpc) is 3.40. The molecule has 0 bridgehead atoms. The highest BCUT2D eigenvalue weighted by Crippen LogP contribution is 2.31. The van der Waals surface area contributed by atoms with Crippen molar-refractivity contribution in [1.82, 2.24) is 15.2 Å². The highest BCUT2D eigenvalue weighted by Gasteiger charge is 2.14. The van der Waals surface area contributed by atoms with Crippen molar-refractivity contribution >= 4 is 23.9 Å². The number of nitriles is 1. The Bertz CT molecular complexity index is 1140. The van der Waals surface area contributed by atoms with Gasteiger partial charge in [-0.3, -0.25) is 4.79 Å². The topological polar surface area (TPSA) is 156 Å². The van der Waals surface area contributed by atoms with Crippen molar-refractivity contribution in [2.75, 3.05) is 38.9 Å². The van der Waals surface area contributed by atoms with Crippen LogP contribution in [-0.4, -0.2) is 56.2 Å². The molecule has 0 aliphatic carbocycles. The molecule has 0 saturated heterocycles. The molecular formula is C25H30N6O5. The van der Waals surface area contributed by atoms with Crippen LogP contribution in [0.25, 0.3) is 11.3 Å². The van der Waals surface area contributed by atoms with Crippen LogP contribution in [0, 0.1) is 11.3 Å². The van der Waals surface area contributed by atoms with E-state index >= 15 is 0 Å². The molecule has 1 aromatic heterocycles. The van der Waals surface area contributed by atoms with Gasteiger partial charge in [0.1, 0.15) is 12.4 Å². The van der Waals surface area contributed by atoms with Gasteiger partial charge in [0.25, 0.3) is 0 Å². The standard InChI is InChI=1S/C15H20N4O3.C10H10N2O2/c1-19(2)14(6-7-16)10-22-15(21)17-9-12-4-3-5-13(8-12)18-11-20;1-13-9-4-7(11)2-3-8(9)10-5-12-6-14-10/h3-5,8,11,14H,6,9-10H2,1-2H3,(H,17,21)(H,18,20);2-6H,11H2,1H3/t14-;/m1./s1. The average molecular weight is 495 g/mol. The van der Waals surface area contributed by atoms with Gasteiger partial charge in [-0.2, -0.15) is 5.26 Å². The number of nitrogen functional groups attached to an aromatic ring is 1. The van der Waals surface area contributed by atoms with Crippen molar-refractivity contribution < 1.29 is 23.5 Å². The number of benzene rings is 2. The summed E-state index contributed by atoms with van der Waals surface area (Å²) in [5.41, 5.74) is 8.63. The maximum absolute atomic E-state index is 11.7. The third kappa shape index (κ3) is 9.00. The van der Waals surface area contributed by atoms with Crippen LogP contribution < -0.4 is 21.1 Å². The molecule has 0 unspecified atom stereocenters. The van der Waals surface area contributed by atoms with E-state index in [1.165, 1.54) is 6.39 Å². The van der Waals surface area contributed by atoms with Gasteiger partial charge < -0.3 is 35.2 Å². The summed E-state index contributed by atoms with van der Waals surface area (Å²) in [7, 11) is 5.25. The molecule has 190 valence electrons. The molecule has 0 fully saturated rings. The fourth-order valence-electron chi connectivity index (χ4n) is 2.99. The van der Waals surface area contributed by atoms with E-state index in [1.54, 1.807) is 43.6 Å². The summed E-state index contributed by atoms with van der Waals surface area (Å²) in [4.78, 5) is 27.7. The Morgan fingerprint density at radius 2 is 2.11 bits per heavy atom. The normalized spacial score (nSPS) is 10.9. The number of methoxy groups -OCH3 is 1. The number of ether oxygens (including phenoxy) is 2. The van der Waals surface area contributed by atoms with Gasteiger partial charge in [0.15, 0.2) is 12.2 Å². The number of likely N-dealkylation sites (N-methyl/N-ethyl adjacent to an activating group) is 1. The van der Waals surface area contributed by atoms with E-state index in [-0.39, 0.29) is 19.2 Å². The quantitative estimate of drug-likeness (QED) is 0.284. The lowest BCUT2D eigenvalue weighted by Crippen LogP contribution is -2.35. The minimum atomic E-state index is -0.543. The van der Waals surface area contributed by atoms with Crippen LogP contribution >= 0.6 is 0 Å².